The summed E-state index contributed by atoms with van der Waals surface area (Å²) in [5.74, 6) is -2.61. The number of halogens is 4. The Morgan fingerprint density at radius 3 is 2.25 bits per heavy atom. The molecule has 0 amide bonds. The Bertz CT molecular complexity index is 379. The van der Waals surface area contributed by atoms with E-state index in [1.54, 1.807) is 0 Å². The number of hydrogen-bond acceptors (Lipinski definition) is 2. The van der Waals surface area contributed by atoms with Crippen molar-refractivity contribution in [1.82, 2.24) is 0 Å². The summed E-state index contributed by atoms with van der Waals surface area (Å²) >= 11 is 0. The Morgan fingerprint density at radius 2 is 1.81 bits per heavy atom. The Morgan fingerprint density at radius 1 is 1.25 bits per heavy atom. The number of alkyl halides is 3. The maximum Gasteiger partial charge on any atom is 0.407 e. The summed E-state index contributed by atoms with van der Waals surface area (Å²) < 4.78 is 53.6. The molecule has 1 aromatic rings. The van der Waals surface area contributed by atoms with Crippen molar-refractivity contribution in [2.75, 3.05) is 6.61 Å². The summed E-state index contributed by atoms with van der Waals surface area (Å²) in [7, 11) is 0. The third-order valence-electron chi connectivity index (χ3n) is 1.78. The van der Waals surface area contributed by atoms with Crippen LogP contribution in [0.2, 0.25) is 0 Å². The number of nitriles is 1. The van der Waals surface area contributed by atoms with Gasteiger partial charge in [0.15, 0.2) is 5.92 Å². The van der Waals surface area contributed by atoms with Gasteiger partial charge in [-0.15, -0.1) is 0 Å². The van der Waals surface area contributed by atoms with Crippen LogP contribution in [0.3, 0.4) is 0 Å². The predicted molar refractivity (Wildman–Crippen MR) is 47.1 cm³/mol. The highest BCUT2D eigenvalue weighted by atomic mass is 19.4. The van der Waals surface area contributed by atoms with Crippen LogP contribution in [-0.2, 0) is 0 Å². The molecule has 0 spiro atoms. The molecule has 0 N–H and O–H groups in total. The summed E-state index contributed by atoms with van der Waals surface area (Å²) in [6.07, 6.45) is -4.62. The van der Waals surface area contributed by atoms with E-state index in [0.717, 1.165) is 18.2 Å². The highest BCUT2D eigenvalue weighted by Gasteiger charge is 2.40. The van der Waals surface area contributed by atoms with E-state index in [-0.39, 0.29) is 5.75 Å². The Kier molecular flexibility index (Phi) is 3.72. The fourth-order valence-electron chi connectivity index (χ4n) is 0.915. The van der Waals surface area contributed by atoms with E-state index in [4.69, 9.17) is 10.00 Å². The molecule has 0 aliphatic carbocycles. The van der Waals surface area contributed by atoms with Crippen LogP contribution in [-0.4, -0.2) is 12.8 Å². The summed E-state index contributed by atoms with van der Waals surface area (Å²) in [6.45, 7) is -0.800. The maximum atomic E-state index is 12.5. The van der Waals surface area contributed by atoms with E-state index >= 15 is 0 Å². The van der Waals surface area contributed by atoms with Crippen molar-refractivity contribution in [1.29, 1.82) is 5.26 Å². The van der Waals surface area contributed by atoms with Crippen molar-refractivity contribution >= 4 is 0 Å². The highest BCUT2D eigenvalue weighted by molar-refractivity contribution is 5.22. The number of nitrogens with zero attached hydrogens (tertiary/aromatic N) is 1. The molecular formula is C10H7F4NO. The van der Waals surface area contributed by atoms with Gasteiger partial charge in [-0.2, -0.15) is 18.4 Å². The average molecular weight is 233 g/mol. The molecule has 6 heteroatoms. The summed E-state index contributed by atoms with van der Waals surface area (Å²) in [5, 5.41) is 8.27. The van der Waals surface area contributed by atoms with Crippen molar-refractivity contribution in [3.63, 3.8) is 0 Å². The standard InChI is InChI=1S/C10H7F4NO/c11-8-1-3-9(4-2-8)16-6-7(5-15)10(12,13)14/h1-4,7H,6H2. The first-order valence-corrected chi connectivity index (χ1v) is 4.28. The summed E-state index contributed by atoms with van der Waals surface area (Å²) in [4.78, 5) is 0. The third kappa shape index (κ3) is 3.42. The zero-order chi connectivity index (χ0) is 12.2. The van der Waals surface area contributed by atoms with Crippen LogP contribution in [0, 0.1) is 23.1 Å². The summed E-state index contributed by atoms with van der Waals surface area (Å²) in [6, 6.07) is 5.61. The van der Waals surface area contributed by atoms with Gasteiger partial charge in [-0.25, -0.2) is 4.39 Å². The molecule has 0 saturated carbocycles. The van der Waals surface area contributed by atoms with Crippen molar-refractivity contribution in [2.24, 2.45) is 5.92 Å². The second-order valence-electron chi connectivity index (χ2n) is 2.99. The minimum Gasteiger partial charge on any atom is -0.492 e. The molecular weight excluding hydrogens is 226 g/mol. The quantitative estimate of drug-likeness (QED) is 0.752. The average Bonchev–Trinajstić information content (AvgIpc) is 2.19. The number of hydrogen-bond donors (Lipinski definition) is 0. The topological polar surface area (TPSA) is 33.0 Å². The SMILES string of the molecule is N#CC(COc1ccc(F)cc1)C(F)(F)F. The lowest BCUT2D eigenvalue weighted by Gasteiger charge is -2.13. The molecule has 2 nitrogen and oxygen atoms in total. The van der Waals surface area contributed by atoms with Crippen LogP contribution >= 0.6 is 0 Å². The lowest BCUT2D eigenvalue weighted by Crippen LogP contribution is -2.27. The van der Waals surface area contributed by atoms with Gasteiger partial charge in [0.1, 0.15) is 18.2 Å². The van der Waals surface area contributed by atoms with Gasteiger partial charge in [-0.1, -0.05) is 0 Å². The first-order chi connectivity index (χ1) is 7.43. The molecule has 0 aromatic heterocycles. The molecule has 0 bridgehead atoms. The van der Waals surface area contributed by atoms with Gasteiger partial charge in [0.05, 0.1) is 6.07 Å². The van der Waals surface area contributed by atoms with E-state index in [0.29, 0.717) is 0 Å². The number of ether oxygens (including phenoxy) is 1. The largest absolute Gasteiger partial charge is 0.492 e. The van der Waals surface area contributed by atoms with Crippen LogP contribution in [0.1, 0.15) is 0 Å². The first kappa shape index (κ1) is 12.3. The second kappa shape index (κ2) is 4.84. The molecule has 0 aliphatic rings. The summed E-state index contributed by atoms with van der Waals surface area (Å²) in [5.41, 5.74) is 0. The first-order valence-electron chi connectivity index (χ1n) is 4.28. The zero-order valence-corrected chi connectivity index (χ0v) is 7.96. The smallest absolute Gasteiger partial charge is 0.407 e. The maximum absolute atomic E-state index is 12.5. The van der Waals surface area contributed by atoms with Crippen molar-refractivity contribution < 1.29 is 22.3 Å². The van der Waals surface area contributed by atoms with Crippen molar-refractivity contribution in [2.45, 2.75) is 6.18 Å². The lowest BCUT2D eigenvalue weighted by atomic mass is 10.2. The van der Waals surface area contributed by atoms with Gasteiger partial charge in [0, 0.05) is 0 Å². The van der Waals surface area contributed by atoms with Crippen molar-refractivity contribution in [3.05, 3.63) is 30.1 Å². The molecule has 0 saturated heterocycles. The fraction of sp³-hybridized carbons (Fsp3) is 0.300. The molecule has 0 radical (unpaired) electrons. The Labute approximate surface area is 89.1 Å². The van der Waals surface area contributed by atoms with Crippen molar-refractivity contribution in [3.8, 4) is 11.8 Å². The van der Waals surface area contributed by atoms with Gasteiger partial charge in [0.2, 0.25) is 0 Å². The fourth-order valence-corrected chi connectivity index (χ4v) is 0.915. The van der Waals surface area contributed by atoms with Crippen LogP contribution in [0.5, 0.6) is 5.75 Å². The number of benzene rings is 1. The molecule has 86 valence electrons. The van der Waals surface area contributed by atoms with E-state index in [2.05, 4.69) is 0 Å². The predicted octanol–water partition coefficient (Wildman–Crippen LogP) is 2.91. The van der Waals surface area contributed by atoms with Crippen LogP contribution in [0.4, 0.5) is 17.6 Å². The molecule has 1 aromatic carbocycles. The molecule has 0 heterocycles. The molecule has 1 rings (SSSR count). The minimum atomic E-state index is -4.62. The van der Waals surface area contributed by atoms with Gasteiger partial charge in [0.25, 0.3) is 0 Å². The molecule has 1 unspecified atom stereocenters. The third-order valence-corrected chi connectivity index (χ3v) is 1.78. The van der Waals surface area contributed by atoms with E-state index in [1.807, 2.05) is 0 Å². The van der Waals surface area contributed by atoms with Gasteiger partial charge in [-0.3, -0.25) is 0 Å². The van der Waals surface area contributed by atoms with E-state index in [9.17, 15) is 17.6 Å². The molecule has 1 atom stereocenters. The van der Waals surface area contributed by atoms with Gasteiger partial charge >= 0.3 is 6.18 Å². The van der Waals surface area contributed by atoms with E-state index < -0.39 is 24.5 Å². The Hall–Kier alpha value is -1.77. The van der Waals surface area contributed by atoms with Crippen LogP contribution < -0.4 is 4.74 Å². The normalized spacial score (nSPS) is 12.9. The minimum absolute atomic E-state index is 0.0888. The van der Waals surface area contributed by atoms with Gasteiger partial charge in [-0.05, 0) is 24.3 Å². The molecule has 16 heavy (non-hydrogen) atoms. The second-order valence-corrected chi connectivity index (χ2v) is 2.99. The lowest BCUT2D eigenvalue weighted by molar-refractivity contribution is -0.165. The monoisotopic (exact) mass is 233 g/mol. The molecule has 0 aliphatic heterocycles. The highest BCUT2D eigenvalue weighted by Crippen LogP contribution is 2.26. The van der Waals surface area contributed by atoms with Gasteiger partial charge < -0.3 is 4.74 Å². The van der Waals surface area contributed by atoms with Crippen LogP contribution in [0.15, 0.2) is 24.3 Å². The van der Waals surface area contributed by atoms with Crippen LogP contribution in [0.25, 0.3) is 0 Å². The van der Waals surface area contributed by atoms with E-state index in [1.165, 1.54) is 12.1 Å². The molecule has 0 fully saturated rings. The Balaban J connectivity index is 2.57. The number of rotatable bonds is 3. The zero-order valence-electron chi connectivity index (χ0n) is 7.96.